The Hall–Kier alpha value is -3.29. The van der Waals surface area contributed by atoms with Gasteiger partial charge in [0.2, 0.25) is 5.91 Å². The Morgan fingerprint density at radius 2 is 1.90 bits per heavy atom. The number of nitrogens with one attached hydrogen (secondary N) is 1. The SMILES string of the molecule is COc1cc(CCC(=O)Nc2cccc3cccnc23)ccc1OCC(F)(F)F. The van der Waals surface area contributed by atoms with Gasteiger partial charge in [-0.3, -0.25) is 9.78 Å². The zero-order valence-corrected chi connectivity index (χ0v) is 15.6. The van der Waals surface area contributed by atoms with E-state index < -0.39 is 12.8 Å². The molecule has 0 saturated carbocycles. The molecule has 5 nitrogen and oxygen atoms in total. The molecule has 0 saturated heterocycles. The summed E-state index contributed by atoms with van der Waals surface area (Å²) in [4.78, 5) is 16.6. The van der Waals surface area contributed by atoms with Crippen molar-refractivity contribution in [1.82, 2.24) is 4.98 Å². The average molecular weight is 404 g/mol. The number of carbonyl (C=O) groups is 1. The Labute approximate surface area is 165 Å². The van der Waals surface area contributed by atoms with Crippen molar-refractivity contribution in [2.75, 3.05) is 19.0 Å². The van der Waals surface area contributed by atoms with E-state index in [1.165, 1.54) is 13.2 Å². The number of aryl methyl sites for hydroxylation is 1. The summed E-state index contributed by atoms with van der Waals surface area (Å²) in [7, 11) is 1.35. The monoisotopic (exact) mass is 404 g/mol. The van der Waals surface area contributed by atoms with Crippen molar-refractivity contribution >= 4 is 22.5 Å². The van der Waals surface area contributed by atoms with Crippen LogP contribution >= 0.6 is 0 Å². The first kappa shape index (κ1) is 20.4. The Morgan fingerprint density at radius 1 is 1.10 bits per heavy atom. The zero-order valence-electron chi connectivity index (χ0n) is 15.6. The number of methoxy groups -OCH3 is 1. The molecule has 1 heterocycles. The number of rotatable bonds is 7. The number of anilines is 1. The molecule has 2 aromatic carbocycles. The van der Waals surface area contributed by atoms with Crippen molar-refractivity contribution in [3.05, 3.63) is 60.3 Å². The van der Waals surface area contributed by atoms with Crippen LogP contribution in [-0.2, 0) is 11.2 Å². The van der Waals surface area contributed by atoms with Gasteiger partial charge in [0, 0.05) is 18.0 Å². The van der Waals surface area contributed by atoms with Crippen LogP contribution in [0.4, 0.5) is 18.9 Å². The first-order valence-electron chi connectivity index (χ1n) is 8.86. The highest BCUT2D eigenvalue weighted by Gasteiger charge is 2.29. The van der Waals surface area contributed by atoms with Crippen LogP contribution in [-0.4, -0.2) is 30.8 Å². The second-order valence-corrected chi connectivity index (χ2v) is 6.32. The van der Waals surface area contributed by atoms with E-state index in [9.17, 15) is 18.0 Å². The standard InChI is InChI=1S/C21H19F3N2O3/c1-28-18-12-14(7-9-17(18)29-13-21(22,23)24)8-10-19(27)26-16-6-2-4-15-5-3-11-25-20(15)16/h2-7,9,11-12H,8,10,13H2,1H3,(H,26,27). The molecule has 0 fully saturated rings. The molecule has 1 N–H and O–H groups in total. The van der Waals surface area contributed by atoms with Crippen molar-refractivity contribution in [1.29, 1.82) is 0 Å². The largest absolute Gasteiger partial charge is 0.493 e. The molecule has 29 heavy (non-hydrogen) atoms. The van der Waals surface area contributed by atoms with Gasteiger partial charge in [-0.05, 0) is 36.2 Å². The van der Waals surface area contributed by atoms with Crippen molar-refractivity contribution in [2.45, 2.75) is 19.0 Å². The number of carbonyl (C=O) groups excluding carboxylic acids is 1. The Balaban J connectivity index is 1.62. The molecule has 0 unspecified atom stereocenters. The number of ether oxygens (including phenoxy) is 2. The number of aromatic nitrogens is 1. The van der Waals surface area contributed by atoms with E-state index in [2.05, 4.69) is 10.3 Å². The number of fused-ring (bicyclic) bond motifs is 1. The van der Waals surface area contributed by atoms with E-state index in [0.29, 0.717) is 17.6 Å². The van der Waals surface area contributed by atoms with Crippen LogP contribution in [0.25, 0.3) is 10.9 Å². The van der Waals surface area contributed by atoms with Crippen LogP contribution in [0.1, 0.15) is 12.0 Å². The fraction of sp³-hybridized carbons (Fsp3) is 0.238. The first-order valence-corrected chi connectivity index (χ1v) is 8.86. The molecule has 152 valence electrons. The topological polar surface area (TPSA) is 60.5 Å². The predicted molar refractivity (Wildman–Crippen MR) is 103 cm³/mol. The quantitative estimate of drug-likeness (QED) is 0.617. The van der Waals surface area contributed by atoms with Crippen molar-refractivity contribution in [2.24, 2.45) is 0 Å². The minimum Gasteiger partial charge on any atom is -0.493 e. The highest BCUT2D eigenvalue weighted by atomic mass is 19.4. The average Bonchev–Trinajstić information content (AvgIpc) is 2.70. The summed E-state index contributed by atoms with van der Waals surface area (Å²) in [5.41, 5.74) is 2.07. The molecule has 3 rings (SSSR count). The molecule has 0 aliphatic heterocycles. The van der Waals surface area contributed by atoms with Gasteiger partial charge >= 0.3 is 6.18 Å². The first-order chi connectivity index (χ1) is 13.9. The van der Waals surface area contributed by atoms with Gasteiger partial charge in [-0.1, -0.05) is 24.3 Å². The third-order valence-corrected chi connectivity index (χ3v) is 4.17. The number of hydrogen-bond acceptors (Lipinski definition) is 4. The number of amides is 1. The van der Waals surface area contributed by atoms with Gasteiger partial charge in [0.15, 0.2) is 18.1 Å². The Kier molecular flexibility index (Phi) is 6.21. The van der Waals surface area contributed by atoms with Gasteiger partial charge in [0.05, 0.1) is 18.3 Å². The maximum Gasteiger partial charge on any atom is 0.422 e. The zero-order chi connectivity index (χ0) is 20.9. The predicted octanol–water partition coefficient (Wildman–Crippen LogP) is 4.76. The molecule has 3 aromatic rings. The van der Waals surface area contributed by atoms with Gasteiger partial charge in [0.1, 0.15) is 0 Å². The third-order valence-electron chi connectivity index (χ3n) is 4.17. The van der Waals surface area contributed by atoms with Gasteiger partial charge in [-0.2, -0.15) is 13.2 Å². The lowest BCUT2D eigenvalue weighted by Crippen LogP contribution is -2.19. The number of hydrogen-bond donors (Lipinski definition) is 1. The summed E-state index contributed by atoms with van der Waals surface area (Å²) in [6, 6.07) is 13.8. The number of pyridine rings is 1. The highest BCUT2D eigenvalue weighted by Crippen LogP contribution is 2.30. The molecule has 0 aliphatic rings. The van der Waals surface area contributed by atoms with Crippen LogP contribution < -0.4 is 14.8 Å². The van der Waals surface area contributed by atoms with E-state index in [0.717, 1.165) is 10.9 Å². The molecule has 0 atom stereocenters. The van der Waals surface area contributed by atoms with Crippen LogP contribution in [0.3, 0.4) is 0 Å². The summed E-state index contributed by atoms with van der Waals surface area (Å²) in [5, 5.41) is 3.77. The highest BCUT2D eigenvalue weighted by molar-refractivity contribution is 6.00. The van der Waals surface area contributed by atoms with Gasteiger partial charge in [-0.25, -0.2) is 0 Å². The molecular formula is C21H19F3N2O3. The summed E-state index contributed by atoms with van der Waals surface area (Å²) < 4.78 is 46.8. The van der Waals surface area contributed by atoms with E-state index in [-0.39, 0.29) is 23.8 Å². The Bertz CT molecular complexity index is 1000. The van der Waals surface area contributed by atoms with Gasteiger partial charge in [-0.15, -0.1) is 0 Å². The minimum atomic E-state index is -4.43. The van der Waals surface area contributed by atoms with Crippen LogP contribution in [0.5, 0.6) is 11.5 Å². The normalized spacial score (nSPS) is 11.3. The number of alkyl halides is 3. The molecule has 0 spiro atoms. The summed E-state index contributed by atoms with van der Waals surface area (Å²) in [6.45, 7) is -1.40. The van der Waals surface area contributed by atoms with E-state index in [4.69, 9.17) is 9.47 Å². The minimum absolute atomic E-state index is 0.000133. The lowest BCUT2D eigenvalue weighted by Gasteiger charge is -2.13. The molecule has 8 heteroatoms. The van der Waals surface area contributed by atoms with Crippen molar-refractivity contribution in [3.63, 3.8) is 0 Å². The van der Waals surface area contributed by atoms with Gasteiger partial charge in [0.25, 0.3) is 0 Å². The summed E-state index contributed by atoms with van der Waals surface area (Å²) in [6.07, 6.45) is -2.19. The van der Waals surface area contributed by atoms with E-state index in [1.54, 1.807) is 24.4 Å². The summed E-state index contributed by atoms with van der Waals surface area (Å²) in [5.74, 6) is -0.00946. The lowest BCUT2D eigenvalue weighted by molar-refractivity contribution is -0.153. The van der Waals surface area contributed by atoms with Crippen LogP contribution in [0.15, 0.2) is 54.7 Å². The number of halogens is 3. The second kappa shape index (κ2) is 8.81. The molecule has 0 bridgehead atoms. The van der Waals surface area contributed by atoms with Crippen molar-refractivity contribution in [3.8, 4) is 11.5 Å². The third kappa shape index (κ3) is 5.60. The number of para-hydroxylation sites is 1. The van der Waals surface area contributed by atoms with Crippen LogP contribution in [0.2, 0.25) is 0 Å². The maximum absolute atomic E-state index is 12.3. The molecular weight excluding hydrogens is 385 g/mol. The second-order valence-electron chi connectivity index (χ2n) is 6.32. The van der Waals surface area contributed by atoms with Crippen LogP contribution in [0, 0.1) is 0 Å². The smallest absolute Gasteiger partial charge is 0.422 e. The molecule has 0 aliphatic carbocycles. The van der Waals surface area contributed by atoms with E-state index in [1.807, 2.05) is 24.3 Å². The number of nitrogens with zero attached hydrogens (tertiary/aromatic N) is 1. The molecule has 1 amide bonds. The summed E-state index contributed by atoms with van der Waals surface area (Å²) >= 11 is 0. The molecule has 0 radical (unpaired) electrons. The maximum atomic E-state index is 12.3. The Morgan fingerprint density at radius 3 is 2.66 bits per heavy atom. The van der Waals surface area contributed by atoms with Crippen molar-refractivity contribution < 1.29 is 27.4 Å². The molecule has 1 aromatic heterocycles. The fourth-order valence-corrected chi connectivity index (χ4v) is 2.82. The van der Waals surface area contributed by atoms with Gasteiger partial charge < -0.3 is 14.8 Å². The lowest BCUT2D eigenvalue weighted by atomic mass is 10.1. The van der Waals surface area contributed by atoms with E-state index >= 15 is 0 Å². The number of benzene rings is 2. The fourth-order valence-electron chi connectivity index (χ4n) is 2.82.